The first kappa shape index (κ1) is 25.2. The molecule has 6 N–H and O–H groups in total. The van der Waals surface area contributed by atoms with E-state index in [4.69, 9.17) is 39.9 Å². The first-order valence-electron chi connectivity index (χ1n) is 11.1. The van der Waals surface area contributed by atoms with Gasteiger partial charge in [-0.3, -0.25) is 0 Å². The van der Waals surface area contributed by atoms with Crippen LogP contribution in [0.4, 0.5) is 0 Å². The van der Waals surface area contributed by atoms with Crippen molar-refractivity contribution in [3.05, 3.63) is 0 Å². The monoisotopic (exact) mass is 448 g/mol. The Bertz CT molecular complexity index is 594. The van der Waals surface area contributed by atoms with E-state index in [9.17, 15) is 10.2 Å². The molecular formula is C21H40N2O8. The Morgan fingerprint density at radius 1 is 0.806 bits per heavy atom. The summed E-state index contributed by atoms with van der Waals surface area (Å²) in [4.78, 5) is 0. The summed E-state index contributed by atoms with van der Waals surface area (Å²) in [5.74, 6) is 0. The fourth-order valence-electron chi connectivity index (χ4n) is 4.88. The van der Waals surface area contributed by atoms with Gasteiger partial charge < -0.3 is 50.1 Å². The molecule has 3 aliphatic heterocycles. The maximum Gasteiger partial charge on any atom is 0.160 e. The normalized spacial score (nSPS) is 54.0. The molecule has 0 aliphatic carbocycles. The van der Waals surface area contributed by atoms with Gasteiger partial charge in [-0.05, 0) is 34.6 Å². The van der Waals surface area contributed by atoms with Crippen LogP contribution in [-0.2, 0) is 28.4 Å². The minimum Gasteiger partial charge on any atom is -0.390 e. The Morgan fingerprint density at radius 2 is 1.35 bits per heavy atom. The van der Waals surface area contributed by atoms with Gasteiger partial charge in [0.2, 0.25) is 0 Å². The summed E-state index contributed by atoms with van der Waals surface area (Å²) in [5.41, 5.74) is 11.3. The van der Waals surface area contributed by atoms with Gasteiger partial charge in [0.15, 0.2) is 18.9 Å². The SMILES string of the molecule is CO[C@@H]1C[C@@H](O)[C@@H](O[C@H]2C[C@](C)(N)[C@@H](O[C@H]3C[C@](C)(N)[C@@H](O)[C@H](C)O3)[C@H](C)O2)[C@H](C)O1. The lowest BCUT2D eigenvalue weighted by Gasteiger charge is -2.50. The molecule has 0 saturated carbocycles. The van der Waals surface area contributed by atoms with Crippen LogP contribution >= 0.6 is 0 Å². The fourth-order valence-corrected chi connectivity index (χ4v) is 4.88. The first-order valence-corrected chi connectivity index (χ1v) is 11.1. The Kier molecular flexibility index (Phi) is 7.70. The maximum absolute atomic E-state index is 10.5. The first-order chi connectivity index (χ1) is 14.3. The van der Waals surface area contributed by atoms with Crippen LogP contribution in [0.5, 0.6) is 0 Å². The largest absolute Gasteiger partial charge is 0.390 e. The average molecular weight is 449 g/mol. The van der Waals surface area contributed by atoms with Crippen molar-refractivity contribution in [3.8, 4) is 0 Å². The number of rotatable bonds is 5. The molecule has 0 aromatic carbocycles. The van der Waals surface area contributed by atoms with E-state index < -0.39 is 66.6 Å². The van der Waals surface area contributed by atoms with Crippen LogP contribution in [0.15, 0.2) is 0 Å². The molecule has 10 nitrogen and oxygen atoms in total. The van der Waals surface area contributed by atoms with Crippen LogP contribution in [-0.4, -0.2) is 90.0 Å². The highest BCUT2D eigenvalue weighted by molar-refractivity contribution is 4.99. The van der Waals surface area contributed by atoms with Crippen molar-refractivity contribution in [3.63, 3.8) is 0 Å². The summed E-state index contributed by atoms with van der Waals surface area (Å²) >= 11 is 0. The van der Waals surface area contributed by atoms with Gasteiger partial charge in [0, 0.05) is 37.5 Å². The van der Waals surface area contributed by atoms with Gasteiger partial charge >= 0.3 is 0 Å². The molecule has 0 aromatic heterocycles. The van der Waals surface area contributed by atoms with Crippen LogP contribution in [0.1, 0.15) is 53.9 Å². The number of hydrogen-bond donors (Lipinski definition) is 4. The van der Waals surface area contributed by atoms with Crippen molar-refractivity contribution in [2.24, 2.45) is 11.5 Å². The Balaban J connectivity index is 1.62. The van der Waals surface area contributed by atoms with Gasteiger partial charge in [-0.1, -0.05) is 0 Å². The van der Waals surface area contributed by atoms with Crippen molar-refractivity contribution in [2.45, 2.75) is 127 Å². The van der Waals surface area contributed by atoms with Crippen LogP contribution in [0.3, 0.4) is 0 Å². The highest BCUT2D eigenvalue weighted by Gasteiger charge is 2.50. The Morgan fingerprint density at radius 3 is 1.90 bits per heavy atom. The van der Waals surface area contributed by atoms with E-state index >= 15 is 0 Å². The summed E-state index contributed by atoms with van der Waals surface area (Å²) in [5, 5.41) is 20.7. The summed E-state index contributed by atoms with van der Waals surface area (Å²) < 4.78 is 35.1. The molecule has 3 aliphatic rings. The van der Waals surface area contributed by atoms with Gasteiger partial charge in [-0.25, -0.2) is 0 Å². The third-order valence-corrected chi connectivity index (χ3v) is 6.65. The van der Waals surface area contributed by atoms with E-state index in [1.165, 1.54) is 0 Å². The van der Waals surface area contributed by atoms with Crippen LogP contribution in [0.2, 0.25) is 0 Å². The zero-order chi connectivity index (χ0) is 23.1. The number of aliphatic hydroxyl groups is 2. The number of methoxy groups -OCH3 is 1. The van der Waals surface area contributed by atoms with E-state index in [0.29, 0.717) is 19.3 Å². The summed E-state index contributed by atoms with van der Waals surface area (Å²) in [6.07, 6.45) is -4.45. The molecule has 3 saturated heterocycles. The lowest BCUT2D eigenvalue weighted by molar-refractivity contribution is -0.327. The van der Waals surface area contributed by atoms with Crippen molar-refractivity contribution < 1.29 is 38.6 Å². The fraction of sp³-hybridized carbons (Fsp3) is 1.00. The van der Waals surface area contributed by atoms with Gasteiger partial charge in [0.1, 0.15) is 12.2 Å². The molecule has 3 heterocycles. The van der Waals surface area contributed by atoms with E-state index in [1.807, 2.05) is 20.8 Å². The second-order valence-electron chi connectivity index (χ2n) is 9.87. The molecule has 0 bridgehead atoms. The lowest BCUT2D eigenvalue weighted by Crippen LogP contribution is -2.65. The highest BCUT2D eigenvalue weighted by atomic mass is 16.7. The molecule has 10 heteroatoms. The van der Waals surface area contributed by atoms with E-state index in [0.717, 1.165) is 0 Å². The van der Waals surface area contributed by atoms with Gasteiger partial charge in [-0.15, -0.1) is 0 Å². The van der Waals surface area contributed by atoms with Gasteiger partial charge in [0.25, 0.3) is 0 Å². The molecule has 3 fully saturated rings. The van der Waals surface area contributed by atoms with Crippen LogP contribution in [0, 0.1) is 0 Å². The predicted octanol–water partition coefficient (Wildman–Crippen LogP) is -0.0355. The minimum atomic E-state index is -0.828. The Hall–Kier alpha value is -0.400. The number of nitrogens with two attached hydrogens (primary N) is 2. The zero-order valence-corrected chi connectivity index (χ0v) is 19.4. The molecular weight excluding hydrogens is 408 g/mol. The standard InChI is InChI=1S/C21H40N2O8/c1-10-17(13(24)7-14(26-6)27-10)30-15-9-21(5,23)19(12(3)29-15)31-16-8-20(4,22)18(25)11(2)28-16/h10-19,24-25H,7-9,22-23H2,1-6H3/t10-,11-,12-,13+,14-,15-,16-,17-,18-,19-,20-,21-/m0/s1. The third kappa shape index (κ3) is 5.57. The molecule has 3 rings (SSSR count). The van der Waals surface area contributed by atoms with Crippen molar-refractivity contribution in [2.75, 3.05) is 7.11 Å². The van der Waals surface area contributed by atoms with E-state index in [-0.39, 0.29) is 6.10 Å². The molecule has 182 valence electrons. The molecule has 0 radical (unpaired) electrons. The molecule has 31 heavy (non-hydrogen) atoms. The van der Waals surface area contributed by atoms with Crippen LogP contribution < -0.4 is 11.5 Å². The third-order valence-electron chi connectivity index (χ3n) is 6.65. The topological polar surface area (TPSA) is 148 Å². The zero-order valence-electron chi connectivity index (χ0n) is 19.4. The second kappa shape index (κ2) is 9.46. The van der Waals surface area contributed by atoms with Crippen molar-refractivity contribution in [1.29, 1.82) is 0 Å². The molecule has 0 unspecified atom stereocenters. The number of aliphatic hydroxyl groups excluding tert-OH is 2. The van der Waals surface area contributed by atoms with Crippen molar-refractivity contribution >= 4 is 0 Å². The second-order valence-corrected chi connectivity index (χ2v) is 9.87. The predicted molar refractivity (Wildman–Crippen MR) is 111 cm³/mol. The average Bonchev–Trinajstić information content (AvgIpc) is 2.65. The number of ether oxygens (including phenoxy) is 6. The van der Waals surface area contributed by atoms with E-state index in [2.05, 4.69) is 0 Å². The summed E-state index contributed by atoms with van der Waals surface area (Å²) in [6, 6.07) is 0. The lowest BCUT2D eigenvalue weighted by atomic mass is 9.84. The highest BCUT2D eigenvalue weighted by Crippen LogP contribution is 2.36. The maximum atomic E-state index is 10.5. The summed E-state index contributed by atoms with van der Waals surface area (Å²) in [6.45, 7) is 9.13. The minimum absolute atomic E-state index is 0.320. The Labute approximate surface area is 184 Å². The molecule has 12 atom stereocenters. The van der Waals surface area contributed by atoms with Gasteiger partial charge in [-0.2, -0.15) is 0 Å². The van der Waals surface area contributed by atoms with Gasteiger partial charge in [0.05, 0.1) is 30.5 Å². The van der Waals surface area contributed by atoms with E-state index in [1.54, 1.807) is 21.0 Å². The molecule has 0 aromatic rings. The number of hydrogen-bond acceptors (Lipinski definition) is 10. The van der Waals surface area contributed by atoms with Crippen molar-refractivity contribution in [1.82, 2.24) is 0 Å². The molecule has 0 amide bonds. The van der Waals surface area contributed by atoms with Crippen LogP contribution in [0.25, 0.3) is 0 Å². The summed E-state index contributed by atoms with van der Waals surface area (Å²) in [7, 11) is 1.54. The quantitative estimate of drug-likeness (QED) is 0.452. The smallest absolute Gasteiger partial charge is 0.160 e. The molecule has 0 spiro atoms.